The van der Waals surface area contributed by atoms with Crippen molar-refractivity contribution in [2.24, 2.45) is 5.92 Å². The predicted octanol–water partition coefficient (Wildman–Crippen LogP) is 7.93. The molecule has 0 saturated heterocycles. The second-order valence-electron chi connectivity index (χ2n) is 5.77. The predicted molar refractivity (Wildman–Crippen MR) is 87.7 cm³/mol. The van der Waals surface area contributed by atoms with Crippen molar-refractivity contribution in [3.05, 3.63) is 57.6 Å². The Hall–Kier alpha value is -1.57. The minimum absolute atomic E-state index is 0.188. The number of allylic oxidation sites excluding steroid dienone is 4. The molecule has 0 saturated carbocycles. The second kappa shape index (κ2) is 8.20. The molecule has 0 bridgehead atoms. The SMILES string of the molecule is CC.CC1C=C(C(F)(F)c2cc(Cl)cc(C(F)(F)F)c2)C=C(C(F)(F)F)C1. The Kier molecular flexibility index (Phi) is 7.13. The van der Waals surface area contributed by atoms with Crippen LogP contribution in [0.2, 0.25) is 5.02 Å². The molecular weight excluding hydrogens is 404 g/mol. The molecule has 152 valence electrons. The lowest BCUT2D eigenvalue weighted by Crippen LogP contribution is -2.23. The Morgan fingerprint density at radius 2 is 1.37 bits per heavy atom. The van der Waals surface area contributed by atoms with Gasteiger partial charge < -0.3 is 0 Å². The maximum absolute atomic E-state index is 14.6. The Labute approximate surface area is 156 Å². The summed E-state index contributed by atoms with van der Waals surface area (Å²) in [7, 11) is 0. The number of benzene rings is 1. The van der Waals surface area contributed by atoms with E-state index in [2.05, 4.69) is 0 Å². The van der Waals surface area contributed by atoms with E-state index in [1.807, 2.05) is 13.8 Å². The van der Waals surface area contributed by atoms with Gasteiger partial charge in [0, 0.05) is 21.7 Å². The fourth-order valence-corrected chi connectivity index (χ4v) is 2.74. The van der Waals surface area contributed by atoms with Crippen molar-refractivity contribution in [3.8, 4) is 0 Å². The van der Waals surface area contributed by atoms with Crippen LogP contribution in [0.3, 0.4) is 0 Å². The molecule has 0 radical (unpaired) electrons. The molecule has 0 aromatic heterocycles. The largest absolute Gasteiger partial charge is 0.416 e. The quantitative estimate of drug-likeness (QED) is 0.426. The summed E-state index contributed by atoms with van der Waals surface area (Å²) >= 11 is 5.48. The highest BCUT2D eigenvalue weighted by molar-refractivity contribution is 6.30. The Morgan fingerprint density at radius 1 is 0.852 bits per heavy atom. The van der Waals surface area contributed by atoms with Crippen LogP contribution in [0.15, 0.2) is 41.5 Å². The van der Waals surface area contributed by atoms with Crippen molar-refractivity contribution in [3.63, 3.8) is 0 Å². The first kappa shape index (κ1) is 23.5. The molecule has 0 aliphatic heterocycles. The highest BCUT2D eigenvalue weighted by Crippen LogP contribution is 2.45. The molecule has 0 fully saturated rings. The zero-order valence-electron chi connectivity index (χ0n) is 14.6. The molecule has 0 N–H and O–H groups in total. The van der Waals surface area contributed by atoms with Crippen molar-refractivity contribution in [2.75, 3.05) is 0 Å². The maximum Gasteiger partial charge on any atom is 0.416 e. The first-order chi connectivity index (χ1) is 12.2. The van der Waals surface area contributed by atoms with Crippen molar-refractivity contribution in [2.45, 2.75) is 45.5 Å². The first-order valence-corrected chi connectivity index (χ1v) is 8.35. The maximum atomic E-state index is 14.6. The number of halogens is 9. The molecule has 1 aromatic carbocycles. The molecule has 0 spiro atoms. The van der Waals surface area contributed by atoms with E-state index in [9.17, 15) is 35.1 Å². The molecule has 27 heavy (non-hydrogen) atoms. The van der Waals surface area contributed by atoms with E-state index in [4.69, 9.17) is 11.6 Å². The van der Waals surface area contributed by atoms with Crippen molar-refractivity contribution < 1.29 is 35.1 Å². The van der Waals surface area contributed by atoms with Gasteiger partial charge in [-0.25, -0.2) is 0 Å². The Bertz CT molecular complexity index is 726. The van der Waals surface area contributed by atoms with Gasteiger partial charge in [0.1, 0.15) is 0 Å². The van der Waals surface area contributed by atoms with E-state index in [0.717, 1.165) is 6.08 Å². The van der Waals surface area contributed by atoms with Gasteiger partial charge in [0.05, 0.1) is 5.56 Å². The summed E-state index contributed by atoms with van der Waals surface area (Å²) in [4.78, 5) is 0. The van der Waals surface area contributed by atoms with E-state index in [1.54, 1.807) is 0 Å². The standard InChI is InChI=1S/C16H11ClF8.C2H6/c1-8-2-9(4-11(3-8)15(20,21)22)14(18,19)10-5-12(16(23,24)25)7-13(17)6-10;1-2/h2,4-8H,3H2,1H3;1-2H3. The summed E-state index contributed by atoms with van der Waals surface area (Å²) in [5.41, 5.74) is -4.69. The highest BCUT2D eigenvalue weighted by atomic mass is 35.5. The topological polar surface area (TPSA) is 0 Å². The van der Waals surface area contributed by atoms with E-state index in [0.29, 0.717) is 12.1 Å². The summed E-state index contributed by atoms with van der Waals surface area (Å²) in [5.74, 6) is -4.90. The van der Waals surface area contributed by atoms with Crippen molar-refractivity contribution >= 4 is 11.6 Å². The smallest absolute Gasteiger partial charge is 0.196 e. The van der Waals surface area contributed by atoms with Crippen LogP contribution in [-0.4, -0.2) is 6.18 Å². The van der Waals surface area contributed by atoms with Gasteiger partial charge in [0.15, 0.2) is 0 Å². The van der Waals surface area contributed by atoms with Gasteiger partial charge in [0.2, 0.25) is 0 Å². The average molecular weight is 421 g/mol. The average Bonchev–Trinajstić information content (AvgIpc) is 2.54. The number of rotatable bonds is 2. The molecule has 1 aliphatic rings. The normalized spacial score (nSPS) is 18.3. The minimum atomic E-state index is -4.92. The van der Waals surface area contributed by atoms with Gasteiger partial charge in [-0.15, -0.1) is 0 Å². The molecule has 0 nitrogen and oxygen atoms in total. The van der Waals surface area contributed by atoms with Crippen LogP contribution in [0.4, 0.5) is 35.1 Å². The molecule has 0 amide bonds. The molecule has 1 unspecified atom stereocenters. The molecule has 9 heteroatoms. The third-order valence-electron chi connectivity index (χ3n) is 3.65. The fraction of sp³-hybridized carbons (Fsp3) is 0.444. The van der Waals surface area contributed by atoms with Gasteiger partial charge in [-0.2, -0.15) is 35.1 Å². The summed E-state index contributed by atoms with van der Waals surface area (Å²) in [6.07, 6.45) is -8.99. The summed E-state index contributed by atoms with van der Waals surface area (Å²) < 4.78 is 106. The Morgan fingerprint density at radius 3 is 1.85 bits per heavy atom. The van der Waals surface area contributed by atoms with Crippen LogP contribution in [0.1, 0.15) is 38.3 Å². The molecule has 1 aliphatic carbocycles. The van der Waals surface area contributed by atoms with E-state index >= 15 is 0 Å². The van der Waals surface area contributed by atoms with Gasteiger partial charge in [-0.05, 0) is 36.6 Å². The monoisotopic (exact) mass is 420 g/mol. The van der Waals surface area contributed by atoms with Crippen LogP contribution in [0, 0.1) is 5.92 Å². The van der Waals surface area contributed by atoms with Crippen LogP contribution >= 0.6 is 11.6 Å². The van der Waals surface area contributed by atoms with Crippen LogP contribution in [-0.2, 0) is 12.1 Å². The van der Waals surface area contributed by atoms with E-state index in [-0.39, 0.29) is 12.1 Å². The minimum Gasteiger partial charge on any atom is -0.196 e. The highest BCUT2D eigenvalue weighted by Gasteiger charge is 2.43. The zero-order valence-corrected chi connectivity index (χ0v) is 15.3. The van der Waals surface area contributed by atoms with Crippen LogP contribution in [0.25, 0.3) is 0 Å². The van der Waals surface area contributed by atoms with Crippen LogP contribution < -0.4 is 0 Å². The van der Waals surface area contributed by atoms with Crippen LogP contribution in [0.5, 0.6) is 0 Å². The summed E-state index contributed by atoms with van der Waals surface area (Å²) in [6.45, 7) is 5.31. The summed E-state index contributed by atoms with van der Waals surface area (Å²) in [6, 6.07) is 1.26. The zero-order chi connectivity index (χ0) is 21.2. The lowest BCUT2D eigenvalue weighted by molar-refractivity contribution is -0.137. The third-order valence-corrected chi connectivity index (χ3v) is 3.87. The summed E-state index contributed by atoms with van der Waals surface area (Å²) in [5, 5.41) is -0.589. The second-order valence-corrected chi connectivity index (χ2v) is 6.21. The third kappa shape index (κ3) is 5.70. The van der Waals surface area contributed by atoms with Gasteiger partial charge >= 0.3 is 12.4 Å². The molecule has 1 atom stereocenters. The molecule has 0 heterocycles. The number of alkyl halides is 8. The lowest BCUT2D eigenvalue weighted by Gasteiger charge is -2.26. The van der Waals surface area contributed by atoms with E-state index in [1.165, 1.54) is 6.92 Å². The molecule has 2 rings (SSSR count). The fourth-order valence-electron chi connectivity index (χ4n) is 2.50. The molecular formula is C18H17ClF8. The number of hydrogen-bond donors (Lipinski definition) is 0. The van der Waals surface area contributed by atoms with E-state index < -0.39 is 57.9 Å². The Balaban J connectivity index is 0.00000176. The van der Waals surface area contributed by atoms with Gasteiger partial charge in [-0.3, -0.25) is 0 Å². The molecule has 1 aromatic rings. The van der Waals surface area contributed by atoms with Gasteiger partial charge in [-0.1, -0.05) is 38.4 Å². The number of hydrogen-bond acceptors (Lipinski definition) is 0. The van der Waals surface area contributed by atoms with Crippen molar-refractivity contribution in [1.82, 2.24) is 0 Å². The van der Waals surface area contributed by atoms with Gasteiger partial charge in [0.25, 0.3) is 5.92 Å². The lowest BCUT2D eigenvalue weighted by atomic mass is 9.86. The van der Waals surface area contributed by atoms with Crippen molar-refractivity contribution in [1.29, 1.82) is 0 Å². The first-order valence-electron chi connectivity index (χ1n) is 7.97.